The number of carbonyl (C=O) groups is 1. The van der Waals surface area contributed by atoms with Crippen molar-refractivity contribution in [1.29, 1.82) is 0 Å². The largest absolute Gasteiger partial charge is 0.378 e. The molecule has 31 heavy (non-hydrogen) atoms. The van der Waals surface area contributed by atoms with Crippen molar-refractivity contribution in [3.8, 4) is 5.69 Å². The van der Waals surface area contributed by atoms with Gasteiger partial charge in [0.15, 0.2) is 0 Å². The summed E-state index contributed by atoms with van der Waals surface area (Å²) in [7, 11) is 3.93. The van der Waals surface area contributed by atoms with Crippen molar-refractivity contribution in [2.75, 3.05) is 32.1 Å². The van der Waals surface area contributed by atoms with E-state index in [0.29, 0.717) is 30.9 Å². The Labute approximate surface area is 180 Å². The standard InChI is InChI=1S/C23H26FN5O2/c1-27(2)18-9-7-17(8-10-18)22(30)28-13-11-16(12-14-28)15-21-25-26-23(31)29(21)20-6-4-3-5-19(20)24/h3-10,16H,11-15H2,1-2H3,(H,26,31). The first-order chi connectivity index (χ1) is 14.9. The second-order valence-electron chi connectivity index (χ2n) is 8.11. The Kier molecular flexibility index (Phi) is 5.88. The molecular formula is C23H26FN5O2. The Morgan fingerprint density at radius 2 is 1.81 bits per heavy atom. The number of H-pyrrole nitrogens is 1. The van der Waals surface area contributed by atoms with E-state index in [1.807, 2.05) is 48.2 Å². The predicted molar refractivity (Wildman–Crippen MR) is 117 cm³/mol. The number of benzene rings is 2. The fourth-order valence-electron chi connectivity index (χ4n) is 4.03. The number of hydrogen-bond donors (Lipinski definition) is 1. The van der Waals surface area contributed by atoms with Crippen LogP contribution in [0.15, 0.2) is 53.3 Å². The van der Waals surface area contributed by atoms with Crippen LogP contribution in [0.5, 0.6) is 0 Å². The first kappa shape index (κ1) is 20.8. The van der Waals surface area contributed by atoms with Crippen molar-refractivity contribution in [3.63, 3.8) is 0 Å². The number of hydrogen-bond acceptors (Lipinski definition) is 4. The second-order valence-corrected chi connectivity index (χ2v) is 8.11. The molecule has 1 saturated heterocycles. The number of halogens is 1. The molecule has 0 saturated carbocycles. The van der Waals surface area contributed by atoms with Crippen molar-refractivity contribution < 1.29 is 9.18 Å². The molecule has 0 atom stereocenters. The molecule has 0 bridgehead atoms. The van der Waals surface area contributed by atoms with Gasteiger partial charge in [-0.15, -0.1) is 0 Å². The summed E-state index contributed by atoms with van der Waals surface area (Å²) in [6, 6.07) is 13.8. The zero-order valence-electron chi connectivity index (χ0n) is 17.7. The van der Waals surface area contributed by atoms with Gasteiger partial charge in [0.05, 0.1) is 5.69 Å². The fraction of sp³-hybridized carbons (Fsp3) is 0.348. The first-order valence-corrected chi connectivity index (χ1v) is 10.4. The van der Waals surface area contributed by atoms with Crippen LogP contribution in [0.25, 0.3) is 5.69 Å². The van der Waals surface area contributed by atoms with Crippen LogP contribution >= 0.6 is 0 Å². The van der Waals surface area contributed by atoms with Crippen molar-refractivity contribution in [1.82, 2.24) is 19.7 Å². The molecule has 8 heteroatoms. The van der Waals surface area contributed by atoms with E-state index in [9.17, 15) is 14.0 Å². The van der Waals surface area contributed by atoms with E-state index < -0.39 is 11.5 Å². The molecule has 0 spiro atoms. The number of carbonyl (C=O) groups excluding carboxylic acids is 1. The van der Waals surface area contributed by atoms with E-state index in [2.05, 4.69) is 10.2 Å². The van der Waals surface area contributed by atoms with Gasteiger partial charge in [0.1, 0.15) is 11.6 Å². The molecule has 1 amide bonds. The van der Waals surface area contributed by atoms with Gasteiger partial charge in [-0.25, -0.2) is 18.9 Å². The number of anilines is 1. The molecule has 0 aliphatic carbocycles. The molecule has 4 rings (SSSR count). The molecular weight excluding hydrogens is 397 g/mol. The molecule has 1 N–H and O–H groups in total. The van der Waals surface area contributed by atoms with E-state index in [4.69, 9.17) is 0 Å². The minimum Gasteiger partial charge on any atom is -0.378 e. The highest BCUT2D eigenvalue weighted by Gasteiger charge is 2.26. The summed E-state index contributed by atoms with van der Waals surface area (Å²) in [6.07, 6.45) is 2.16. The van der Waals surface area contributed by atoms with Gasteiger partial charge in [-0.05, 0) is 55.2 Å². The van der Waals surface area contributed by atoms with Gasteiger partial charge in [-0.1, -0.05) is 12.1 Å². The lowest BCUT2D eigenvalue weighted by molar-refractivity contribution is 0.0689. The second kappa shape index (κ2) is 8.75. The van der Waals surface area contributed by atoms with Gasteiger partial charge >= 0.3 is 5.69 Å². The fourth-order valence-corrected chi connectivity index (χ4v) is 4.03. The molecule has 3 aromatic rings. The van der Waals surface area contributed by atoms with E-state index in [1.54, 1.807) is 18.2 Å². The van der Waals surface area contributed by atoms with E-state index >= 15 is 0 Å². The van der Waals surface area contributed by atoms with Crippen LogP contribution in [0.4, 0.5) is 10.1 Å². The van der Waals surface area contributed by atoms with Crippen LogP contribution in [0, 0.1) is 11.7 Å². The summed E-state index contributed by atoms with van der Waals surface area (Å²) in [5.74, 6) is 0.347. The third kappa shape index (κ3) is 4.38. The zero-order valence-corrected chi connectivity index (χ0v) is 17.7. The summed E-state index contributed by atoms with van der Waals surface area (Å²) < 4.78 is 15.5. The smallest absolute Gasteiger partial charge is 0.348 e. The number of aromatic nitrogens is 3. The number of piperidine rings is 1. The van der Waals surface area contributed by atoms with E-state index in [-0.39, 0.29) is 17.5 Å². The summed E-state index contributed by atoms with van der Waals surface area (Å²) in [5.41, 5.74) is 1.49. The minimum atomic E-state index is -0.465. The van der Waals surface area contributed by atoms with Crippen molar-refractivity contribution >= 4 is 11.6 Å². The Morgan fingerprint density at radius 3 is 2.45 bits per heavy atom. The Hall–Kier alpha value is -3.42. The van der Waals surface area contributed by atoms with Crippen LogP contribution in [-0.4, -0.2) is 52.8 Å². The van der Waals surface area contributed by atoms with E-state index in [1.165, 1.54) is 10.6 Å². The molecule has 1 aliphatic heterocycles. The lowest BCUT2D eigenvalue weighted by atomic mass is 9.92. The molecule has 162 valence electrons. The molecule has 7 nitrogen and oxygen atoms in total. The summed E-state index contributed by atoms with van der Waals surface area (Å²) in [4.78, 5) is 28.9. The van der Waals surface area contributed by atoms with Crippen molar-refractivity contribution in [3.05, 3.63) is 76.2 Å². The molecule has 1 fully saturated rings. The van der Waals surface area contributed by atoms with Crippen LogP contribution in [-0.2, 0) is 6.42 Å². The highest BCUT2D eigenvalue weighted by atomic mass is 19.1. The first-order valence-electron chi connectivity index (χ1n) is 10.4. The van der Waals surface area contributed by atoms with Crippen LogP contribution < -0.4 is 10.6 Å². The molecule has 0 unspecified atom stereocenters. The Balaban J connectivity index is 1.41. The monoisotopic (exact) mass is 423 g/mol. The number of nitrogens with zero attached hydrogens (tertiary/aromatic N) is 4. The van der Waals surface area contributed by atoms with Gasteiger partial charge in [-0.2, -0.15) is 5.10 Å². The highest BCUT2D eigenvalue weighted by Crippen LogP contribution is 2.24. The lowest BCUT2D eigenvalue weighted by Gasteiger charge is -2.32. The van der Waals surface area contributed by atoms with Gasteiger partial charge in [0, 0.05) is 44.9 Å². The number of rotatable bonds is 5. The van der Waals surface area contributed by atoms with Crippen LogP contribution in [0.2, 0.25) is 0 Å². The Morgan fingerprint density at radius 1 is 1.13 bits per heavy atom. The number of likely N-dealkylation sites (tertiary alicyclic amines) is 1. The number of nitrogens with one attached hydrogen (secondary N) is 1. The highest BCUT2D eigenvalue weighted by molar-refractivity contribution is 5.94. The third-order valence-corrected chi connectivity index (χ3v) is 5.84. The van der Waals surface area contributed by atoms with Crippen molar-refractivity contribution in [2.45, 2.75) is 19.3 Å². The number of amides is 1. The normalized spacial score (nSPS) is 14.6. The third-order valence-electron chi connectivity index (χ3n) is 5.84. The SMILES string of the molecule is CN(C)c1ccc(C(=O)N2CCC(Cc3n[nH]c(=O)n3-c3ccccc3F)CC2)cc1. The molecule has 2 heterocycles. The molecule has 2 aromatic carbocycles. The zero-order chi connectivity index (χ0) is 22.0. The van der Waals surface area contributed by atoms with Crippen molar-refractivity contribution in [2.24, 2.45) is 5.92 Å². The quantitative estimate of drug-likeness (QED) is 0.685. The van der Waals surface area contributed by atoms with Gasteiger partial charge in [0.2, 0.25) is 0 Å². The van der Waals surface area contributed by atoms with Gasteiger partial charge in [-0.3, -0.25) is 4.79 Å². The molecule has 1 aliphatic rings. The maximum atomic E-state index is 14.2. The average molecular weight is 423 g/mol. The summed E-state index contributed by atoms with van der Waals surface area (Å²) in [5, 5.41) is 6.56. The maximum absolute atomic E-state index is 14.2. The average Bonchev–Trinajstić information content (AvgIpc) is 3.14. The van der Waals surface area contributed by atoms with Crippen LogP contribution in [0.3, 0.4) is 0 Å². The maximum Gasteiger partial charge on any atom is 0.348 e. The topological polar surface area (TPSA) is 74.2 Å². The Bertz CT molecular complexity index is 1110. The number of aromatic amines is 1. The van der Waals surface area contributed by atoms with Gasteiger partial charge in [0.25, 0.3) is 5.91 Å². The minimum absolute atomic E-state index is 0.0341. The summed E-state index contributed by atoms with van der Waals surface area (Å²) in [6.45, 7) is 1.29. The van der Waals surface area contributed by atoms with Gasteiger partial charge < -0.3 is 9.80 Å². The van der Waals surface area contributed by atoms with Crippen LogP contribution in [0.1, 0.15) is 29.0 Å². The lowest BCUT2D eigenvalue weighted by Crippen LogP contribution is -2.39. The summed E-state index contributed by atoms with van der Waals surface area (Å²) >= 11 is 0. The predicted octanol–water partition coefficient (Wildman–Crippen LogP) is 2.86. The molecule has 0 radical (unpaired) electrons. The molecule has 1 aromatic heterocycles. The van der Waals surface area contributed by atoms with E-state index in [0.717, 1.165) is 18.5 Å². The number of para-hydroxylation sites is 1.